The molecule has 0 N–H and O–H groups in total. The largest absolute Gasteiger partial charge is 0.457 e. The second kappa shape index (κ2) is 6.72. The number of cyclic esters (lactones) is 1. The number of ether oxygens (including phenoxy) is 1. The van der Waals surface area contributed by atoms with E-state index in [-0.39, 0.29) is 17.3 Å². The van der Waals surface area contributed by atoms with Crippen LogP contribution in [0.15, 0.2) is 81.8 Å². The van der Waals surface area contributed by atoms with Crippen molar-refractivity contribution in [2.24, 2.45) is 4.99 Å². The van der Waals surface area contributed by atoms with Gasteiger partial charge in [0.1, 0.15) is 11.5 Å². The SMILES string of the molecule is O=C1OC(c2ccccc2)=N/C1=C/c1ccc(-c2cccc([N+](=O)[O-])c2)o1. The molecule has 0 atom stereocenters. The van der Waals surface area contributed by atoms with Crippen LogP contribution >= 0.6 is 0 Å². The van der Waals surface area contributed by atoms with Crippen molar-refractivity contribution in [2.45, 2.75) is 0 Å². The highest BCUT2D eigenvalue weighted by Crippen LogP contribution is 2.27. The van der Waals surface area contributed by atoms with Gasteiger partial charge in [0.25, 0.3) is 5.69 Å². The molecule has 4 rings (SSSR count). The Balaban J connectivity index is 1.62. The average Bonchev–Trinajstić information content (AvgIpc) is 3.30. The first-order valence-corrected chi connectivity index (χ1v) is 8.03. The molecule has 0 fully saturated rings. The number of carbonyl (C=O) groups excluding carboxylic acids is 1. The third-order valence-corrected chi connectivity index (χ3v) is 3.89. The number of benzene rings is 2. The van der Waals surface area contributed by atoms with Crippen molar-refractivity contribution in [3.8, 4) is 11.3 Å². The molecule has 0 radical (unpaired) electrons. The van der Waals surface area contributed by atoms with Crippen molar-refractivity contribution >= 4 is 23.6 Å². The van der Waals surface area contributed by atoms with Crippen molar-refractivity contribution in [1.82, 2.24) is 0 Å². The van der Waals surface area contributed by atoms with E-state index in [1.807, 2.05) is 18.2 Å². The number of carbonyl (C=O) groups is 1. The van der Waals surface area contributed by atoms with Crippen LogP contribution in [0.2, 0.25) is 0 Å². The average molecular weight is 360 g/mol. The molecule has 7 nitrogen and oxygen atoms in total. The fourth-order valence-corrected chi connectivity index (χ4v) is 2.61. The Morgan fingerprint density at radius 1 is 0.963 bits per heavy atom. The lowest BCUT2D eigenvalue weighted by atomic mass is 10.1. The first-order chi connectivity index (χ1) is 13.1. The fourth-order valence-electron chi connectivity index (χ4n) is 2.61. The maximum atomic E-state index is 12.0. The van der Waals surface area contributed by atoms with Gasteiger partial charge in [0.2, 0.25) is 5.90 Å². The number of hydrogen-bond acceptors (Lipinski definition) is 6. The van der Waals surface area contributed by atoms with E-state index in [4.69, 9.17) is 9.15 Å². The molecule has 0 saturated carbocycles. The number of hydrogen-bond donors (Lipinski definition) is 0. The number of non-ortho nitro benzene ring substituents is 1. The number of nitro benzene ring substituents is 1. The lowest BCUT2D eigenvalue weighted by Gasteiger charge is -1.97. The van der Waals surface area contributed by atoms with Gasteiger partial charge >= 0.3 is 5.97 Å². The van der Waals surface area contributed by atoms with Crippen LogP contribution in [0, 0.1) is 10.1 Å². The molecule has 132 valence electrons. The minimum absolute atomic E-state index is 0.0275. The Morgan fingerprint density at radius 2 is 1.74 bits per heavy atom. The monoisotopic (exact) mass is 360 g/mol. The molecule has 7 heteroatoms. The van der Waals surface area contributed by atoms with Crippen LogP contribution in [-0.4, -0.2) is 16.8 Å². The molecule has 27 heavy (non-hydrogen) atoms. The zero-order valence-electron chi connectivity index (χ0n) is 13.9. The molecule has 1 aliphatic rings. The van der Waals surface area contributed by atoms with Crippen molar-refractivity contribution in [3.05, 3.63) is 93.9 Å². The predicted octanol–water partition coefficient (Wildman–Crippen LogP) is 4.20. The van der Waals surface area contributed by atoms with Crippen LogP contribution in [0.3, 0.4) is 0 Å². The highest BCUT2D eigenvalue weighted by atomic mass is 16.6. The van der Waals surface area contributed by atoms with Crippen molar-refractivity contribution < 1.29 is 18.9 Å². The summed E-state index contributed by atoms with van der Waals surface area (Å²) < 4.78 is 10.9. The highest BCUT2D eigenvalue weighted by Gasteiger charge is 2.24. The summed E-state index contributed by atoms with van der Waals surface area (Å²) in [5.74, 6) is 0.505. The quantitative estimate of drug-likeness (QED) is 0.301. The first-order valence-electron chi connectivity index (χ1n) is 8.03. The molecular formula is C20H12N2O5. The van der Waals surface area contributed by atoms with Gasteiger partial charge in [0.15, 0.2) is 5.70 Å². The minimum atomic E-state index is -0.567. The standard InChI is InChI=1S/C20H12N2O5/c23-20-17(21-19(27-20)13-5-2-1-3-6-13)12-16-9-10-18(26-16)14-7-4-8-15(11-14)22(24)25/h1-12H/b17-12+. The zero-order valence-corrected chi connectivity index (χ0v) is 13.9. The van der Waals surface area contributed by atoms with Crippen LogP contribution < -0.4 is 0 Å². The minimum Gasteiger partial charge on any atom is -0.457 e. The summed E-state index contributed by atoms with van der Waals surface area (Å²) in [6, 6.07) is 18.5. The molecular weight excluding hydrogens is 348 g/mol. The summed E-state index contributed by atoms with van der Waals surface area (Å²) in [6.45, 7) is 0. The van der Waals surface area contributed by atoms with Crippen LogP contribution in [0.1, 0.15) is 11.3 Å². The predicted molar refractivity (Wildman–Crippen MR) is 97.8 cm³/mol. The Kier molecular flexibility index (Phi) is 4.10. The first kappa shape index (κ1) is 16.5. The molecule has 2 heterocycles. The Labute approximate surface area is 153 Å². The molecule has 1 aliphatic heterocycles. The smallest absolute Gasteiger partial charge is 0.363 e. The van der Waals surface area contributed by atoms with E-state index >= 15 is 0 Å². The number of furan rings is 1. The van der Waals surface area contributed by atoms with E-state index in [9.17, 15) is 14.9 Å². The van der Waals surface area contributed by atoms with Gasteiger partial charge in [-0.2, -0.15) is 0 Å². The van der Waals surface area contributed by atoms with Gasteiger partial charge in [0, 0.05) is 29.3 Å². The molecule has 2 aromatic carbocycles. The van der Waals surface area contributed by atoms with Gasteiger partial charge in [-0.25, -0.2) is 9.79 Å². The second-order valence-corrected chi connectivity index (χ2v) is 5.71. The van der Waals surface area contributed by atoms with Crippen LogP contribution in [0.5, 0.6) is 0 Å². The van der Waals surface area contributed by atoms with Gasteiger partial charge in [-0.3, -0.25) is 10.1 Å². The molecule has 0 saturated heterocycles. The molecule has 0 amide bonds. The zero-order chi connectivity index (χ0) is 18.8. The van der Waals surface area contributed by atoms with Crippen molar-refractivity contribution in [3.63, 3.8) is 0 Å². The Morgan fingerprint density at radius 3 is 2.52 bits per heavy atom. The molecule has 0 unspecified atom stereocenters. The van der Waals surface area contributed by atoms with E-state index in [0.29, 0.717) is 22.6 Å². The molecule has 0 spiro atoms. The lowest BCUT2D eigenvalue weighted by Crippen LogP contribution is -2.04. The van der Waals surface area contributed by atoms with Crippen molar-refractivity contribution in [1.29, 1.82) is 0 Å². The number of nitrogens with zero attached hydrogens (tertiary/aromatic N) is 2. The van der Waals surface area contributed by atoms with Gasteiger partial charge in [-0.1, -0.05) is 30.3 Å². The molecule has 0 aliphatic carbocycles. The second-order valence-electron chi connectivity index (χ2n) is 5.71. The van der Waals surface area contributed by atoms with E-state index in [1.165, 1.54) is 18.2 Å². The molecule has 1 aromatic heterocycles. The Bertz CT molecular complexity index is 1100. The normalized spacial score (nSPS) is 14.9. The summed E-state index contributed by atoms with van der Waals surface area (Å²) >= 11 is 0. The van der Waals surface area contributed by atoms with Crippen LogP contribution in [0.4, 0.5) is 5.69 Å². The molecule has 3 aromatic rings. The summed E-state index contributed by atoms with van der Waals surface area (Å²) in [7, 11) is 0. The van der Waals surface area contributed by atoms with Gasteiger partial charge in [0.05, 0.1) is 4.92 Å². The maximum absolute atomic E-state index is 12.0. The van der Waals surface area contributed by atoms with Gasteiger partial charge in [-0.05, 0) is 24.3 Å². The maximum Gasteiger partial charge on any atom is 0.363 e. The van der Waals surface area contributed by atoms with Gasteiger partial charge < -0.3 is 9.15 Å². The van der Waals surface area contributed by atoms with E-state index in [1.54, 1.807) is 36.4 Å². The topological polar surface area (TPSA) is 94.9 Å². The van der Waals surface area contributed by atoms with Gasteiger partial charge in [-0.15, -0.1) is 0 Å². The summed E-state index contributed by atoms with van der Waals surface area (Å²) in [4.78, 5) is 26.7. The number of rotatable bonds is 4. The Hall–Kier alpha value is -4.00. The van der Waals surface area contributed by atoms with E-state index in [0.717, 1.165) is 0 Å². The van der Waals surface area contributed by atoms with Crippen molar-refractivity contribution in [2.75, 3.05) is 0 Å². The third kappa shape index (κ3) is 3.38. The highest BCUT2D eigenvalue weighted by molar-refractivity contribution is 6.12. The third-order valence-electron chi connectivity index (χ3n) is 3.89. The number of aliphatic imine (C=N–C) groups is 1. The number of esters is 1. The summed E-state index contributed by atoms with van der Waals surface area (Å²) in [5, 5.41) is 10.9. The number of nitro groups is 1. The van der Waals surface area contributed by atoms with E-state index < -0.39 is 10.9 Å². The summed E-state index contributed by atoms with van der Waals surface area (Å²) in [6.07, 6.45) is 1.47. The molecule has 0 bridgehead atoms. The summed E-state index contributed by atoms with van der Waals surface area (Å²) in [5.41, 5.74) is 1.36. The van der Waals surface area contributed by atoms with Crippen LogP contribution in [-0.2, 0) is 9.53 Å². The lowest BCUT2D eigenvalue weighted by molar-refractivity contribution is -0.384. The fraction of sp³-hybridized carbons (Fsp3) is 0. The van der Waals surface area contributed by atoms with E-state index in [2.05, 4.69) is 4.99 Å². The van der Waals surface area contributed by atoms with Crippen LogP contribution in [0.25, 0.3) is 17.4 Å².